The van der Waals surface area contributed by atoms with Crippen LogP contribution in [0.5, 0.6) is 5.75 Å². The second kappa shape index (κ2) is 8.85. The van der Waals surface area contributed by atoms with Gasteiger partial charge in [-0.05, 0) is 36.8 Å². The molecule has 0 saturated heterocycles. The van der Waals surface area contributed by atoms with Crippen LogP contribution in [0.25, 0.3) is 0 Å². The molecule has 0 bridgehead atoms. The topological polar surface area (TPSA) is 58.6 Å². The maximum absolute atomic E-state index is 12.5. The van der Waals surface area contributed by atoms with E-state index in [0.29, 0.717) is 18.7 Å². The van der Waals surface area contributed by atoms with Crippen LogP contribution in [0.1, 0.15) is 16.7 Å². The Kier molecular flexibility index (Phi) is 6.55. The van der Waals surface area contributed by atoms with Crippen LogP contribution in [0.4, 0.5) is 5.69 Å². The highest BCUT2D eigenvalue weighted by Crippen LogP contribution is 2.21. The van der Waals surface area contributed by atoms with Gasteiger partial charge in [-0.2, -0.15) is 0 Å². The van der Waals surface area contributed by atoms with Gasteiger partial charge in [0.1, 0.15) is 5.75 Å². The zero-order chi connectivity index (χ0) is 19.1. The van der Waals surface area contributed by atoms with E-state index in [1.165, 1.54) is 6.08 Å². The molecule has 0 atom stereocenters. The lowest BCUT2D eigenvalue weighted by Gasteiger charge is -2.19. The summed E-state index contributed by atoms with van der Waals surface area (Å²) in [5, 5.41) is 2.68. The molecule has 0 aliphatic rings. The summed E-state index contributed by atoms with van der Waals surface area (Å²) < 4.78 is 5.37. The fourth-order valence-electron chi connectivity index (χ4n) is 2.58. The van der Waals surface area contributed by atoms with Crippen LogP contribution in [-0.2, 0) is 22.6 Å². The Labute approximate surface area is 154 Å². The van der Waals surface area contributed by atoms with Crippen LogP contribution < -0.4 is 10.1 Å². The van der Waals surface area contributed by atoms with Crippen molar-refractivity contribution in [1.29, 1.82) is 0 Å². The molecule has 0 aromatic heterocycles. The van der Waals surface area contributed by atoms with Crippen molar-refractivity contribution >= 4 is 17.5 Å². The van der Waals surface area contributed by atoms with Gasteiger partial charge in [-0.1, -0.05) is 36.4 Å². The summed E-state index contributed by atoms with van der Waals surface area (Å²) >= 11 is 0. The number of aryl methyl sites for hydroxylation is 1. The predicted molar refractivity (Wildman–Crippen MR) is 103 cm³/mol. The summed E-state index contributed by atoms with van der Waals surface area (Å²) in [7, 11) is 3.41. The molecule has 0 aliphatic heterocycles. The Morgan fingerprint density at radius 2 is 1.88 bits per heavy atom. The summed E-state index contributed by atoms with van der Waals surface area (Å²) in [6.45, 7) is 5.91. The SMILES string of the molecule is C=CC(=O)Nc1ccc(CC(=O)N(C)Cc2cc(C)ccc2OC)cc1. The first-order valence-corrected chi connectivity index (χ1v) is 8.32. The van der Waals surface area contributed by atoms with Crippen molar-refractivity contribution in [1.82, 2.24) is 4.90 Å². The summed E-state index contributed by atoms with van der Waals surface area (Å²) in [6, 6.07) is 13.1. The third-order valence-corrected chi connectivity index (χ3v) is 4.03. The first kappa shape index (κ1) is 19.2. The van der Waals surface area contributed by atoms with Crippen LogP contribution in [-0.4, -0.2) is 30.9 Å². The van der Waals surface area contributed by atoms with Crippen molar-refractivity contribution in [3.05, 3.63) is 71.8 Å². The summed E-state index contributed by atoms with van der Waals surface area (Å²) in [5.41, 5.74) is 3.66. The molecule has 5 heteroatoms. The van der Waals surface area contributed by atoms with E-state index >= 15 is 0 Å². The number of likely N-dealkylation sites (N-methyl/N-ethyl adjacent to an activating group) is 1. The van der Waals surface area contributed by atoms with E-state index in [-0.39, 0.29) is 11.8 Å². The lowest BCUT2D eigenvalue weighted by molar-refractivity contribution is -0.129. The number of ether oxygens (including phenoxy) is 1. The van der Waals surface area contributed by atoms with Crippen LogP contribution >= 0.6 is 0 Å². The number of nitrogens with zero attached hydrogens (tertiary/aromatic N) is 1. The normalized spacial score (nSPS) is 10.1. The molecule has 0 spiro atoms. The fourth-order valence-corrected chi connectivity index (χ4v) is 2.58. The third-order valence-electron chi connectivity index (χ3n) is 4.03. The van der Waals surface area contributed by atoms with E-state index in [0.717, 1.165) is 22.4 Å². The number of benzene rings is 2. The molecule has 136 valence electrons. The van der Waals surface area contributed by atoms with E-state index in [1.807, 2.05) is 37.3 Å². The minimum absolute atomic E-state index is 0.0106. The van der Waals surface area contributed by atoms with Crippen LogP contribution in [0.15, 0.2) is 55.1 Å². The smallest absolute Gasteiger partial charge is 0.247 e. The van der Waals surface area contributed by atoms with Gasteiger partial charge >= 0.3 is 0 Å². The predicted octanol–water partition coefficient (Wildman–Crippen LogP) is 3.33. The van der Waals surface area contributed by atoms with Crippen LogP contribution in [0.3, 0.4) is 0 Å². The molecule has 2 amide bonds. The standard InChI is InChI=1S/C21H24N2O3/c1-5-20(24)22-18-9-7-16(8-10-18)13-21(25)23(3)14-17-12-15(2)6-11-19(17)26-4/h5-12H,1,13-14H2,2-4H3,(H,22,24). The number of rotatable bonds is 7. The van der Waals surface area contributed by atoms with Crippen LogP contribution in [0, 0.1) is 6.92 Å². The molecule has 26 heavy (non-hydrogen) atoms. The van der Waals surface area contributed by atoms with Gasteiger partial charge in [-0.25, -0.2) is 0 Å². The Bertz CT molecular complexity index is 797. The van der Waals surface area contributed by atoms with Gasteiger partial charge in [0.2, 0.25) is 11.8 Å². The quantitative estimate of drug-likeness (QED) is 0.778. The van der Waals surface area contributed by atoms with Crippen molar-refractivity contribution in [2.75, 3.05) is 19.5 Å². The molecule has 2 rings (SSSR count). The number of carbonyl (C=O) groups excluding carboxylic acids is 2. The molecule has 0 saturated carbocycles. The molecule has 0 aliphatic carbocycles. The Morgan fingerprint density at radius 3 is 2.50 bits per heavy atom. The van der Waals surface area contributed by atoms with Gasteiger partial charge in [-0.3, -0.25) is 9.59 Å². The average Bonchev–Trinajstić information content (AvgIpc) is 2.63. The number of hydrogen-bond acceptors (Lipinski definition) is 3. The zero-order valence-corrected chi connectivity index (χ0v) is 15.4. The average molecular weight is 352 g/mol. The Morgan fingerprint density at radius 1 is 1.19 bits per heavy atom. The van der Waals surface area contributed by atoms with Gasteiger partial charge in [0.05, 0.1) is 13.5 Å². The van der Waals surface area contributed by atoms with E-state index in [1.54, 1.807) is 31.2 Å². The highest BCUT2D eigenvalue weighted by atomic mass is 16.5. The fraction of sp³-hybridized carbons (Fsp3) is 0.238. The molecule has 0 fully saturated rings. The monoisotopic (exact) mass is 352 g/mol. The van der Waals surface area contributed by atoms with E-state index in [9.17, 15) is 9.59 Å². The first-order chi connectivity index (χ1) is 12.4. The second-order valence-electron chi connectivity index (χ2n) is 6.13. The molecule has 1 N–H and O–H groups in total. The van der Waals surface area contributed by atoms with Crippen LogP contribution in [0.2, 0.25) is 0 Å². The highest BCUT2D eigenvalue weighted by Gasteiger charge is 2.13. The zero-order valence-electron chi connectivity index (χ0n) is 15.4. The number of carbonyl (C=O) groups is 2. The molecule has 0 unspecified atom stereocenters. The van der Waals surface area contributed by atoms with E-state index in [2.05, 4.69) is 11.9 Å². The summed E-state index contributed by atoms with van der Waals surface area (Å²) in [5.74, 6) is 0.523. The Hall–Kier alpha value is -3.08. The van der Waals surface area contributed by atoms with Crippen molar-refractivity contribution < 1.29 is 14.3 Å². The molecule has 0 radical (unpaired) electrons. The maximum atomic E-state index is 12.5. The van der Waals surface area contributed by atoms with Gasteiger partial charge in [0, 0.05) is 24.8 Å². The molecule has 0 heterocycles. The van der Waals surface area contributed by atoms with Crippen molar-refractivity contribution in [3.63, 3.8) is 0 Å². The minimum atomic E-state index is -0.263. The molecular weight excluding hydrogens is 328 g/mol. The maximum Gasteiger partial charge on any atom is 0.247 e. The van der Waals surface area contributed by atoms with E-state index < -0.39 is 0 Å². The Balaban J connectivity index is 2.00. The summed E-state index contributed by atoms with van der Waals surface area (Å²) in [6.07, 6.45) is 1.51. The van der Waals surface area contributed by atoms with E-state index in [4.69, 9.17) is 4.74 Å². The van der Waals surface area contributed by atoms with Crippen molar-refractivity contribution in [2.45, 2.75) is 19.9 Å². The number of nitrogens with one attached hydrogen (secondary N) is 1. The number of amides is 2. The van der Waals surface area contributed by atoms with Gasteiger partial charge < -0.3 is 15.0 Å². The second-order valence-corrected chi connectivity index (χ2v) is 6.13. The number of hydrogen-bond donors (Lipinski definition) is 1. The lowest BCUT2D eigenvalue weighted by Crippen LogP contribution is -2.28. The van der Waals surface area contributed by atoms with Gasteiger partial charge in [-0.15, -0.1) is 0 Å². The summed E-state index contributed by atoms with van der Waals surface area (Å²) in [4.78, 5) is 25.5. The molecule has 2 aromatic rings. The third kappa shape index (κ3) is 5.21. The number of methoxy groups -OCH3 is 1. The lowest BCUT2D eigenvalue weighted by atomic mass is 10.1. The van der Waals surface area contributed by atoms with Crippen molar-refractivity contribution in [3.8, 4) is 5.75 Å². The molecule has 2 aromatic carbocycles. The van der Waals surface area contributed by atoms with Gasteiger partial charge in [0.25, 0.3) is 0 Å². The first-order valence-electron chi connectivity index (χ1n) is 8.32. The molecule has 5 nitrogen and oxygen atoms in total. The number of anilines is 1. The van der Waals surface area contributed by atoms with Gasteiger partial charge in [0.15, 0.2) is 0 Å². The minimum Gasteiger partial charge on any atom is -0.496 e. The largest absolute Gasteiger partial charge is 0.496 e. The van der Waals surface area contributed by atoms with Crippen molar-refractivity contribution in [2.24, 2.45) is 0 Å². The molecular formula is C21H24N2O3. The highest BCUT2D eigenvalue weighted by molar-refractivity contribution is 5.98.